The first kappa shape index (κ1) is 15.8. The maximum Gasteiger partial charge on any atom is 0.248 e. The van der Waals surface area contributed by atoms with Crippen LogP contribution in [-0.4, -0.2) is 34.4 Å². The second-order valence-corrected chi connectivity index (χ2v) is 7.04. The molecule has 1 aromatic rings. The minimum Gasteiger partial charge on any atom is -0.324 e. The fraction of sp³-hybridized carbons (Fsp3) is 0.467. The number of benzene rings is 1. The summed E-state index contributed by atoms with van der Waals surface area (Å²) in [6.45, 7) is 5.52. The minimum atomic E-state index is -0.515. The highest BCUT2D eigenvalue weighted by molar-refractivity contribution is 7.99. The Bertz CT molecular complexity index is 540. The molecule has 1 aliphatic rings. The smallest absolute Gasteiger partial charge is 0.248 e. The molecule has 6 heteroatoms. The van der Waals surface area contributed by atoms with Gasteiger partial charge in [-0.2, -0.15) is 0 Å². The van der Waals surface area contributed by atoms with Crippen molar-refractivity contribution in [3.05, 3.63) is 30.1 Å². The van der Waals surface area contributed by atoms with E-state index >= 15 is 0 Å². The molecular formula is C15H19FN2O2S. The Kier molecular flexibility index (Phi) is 4.56. The summed E-state index contributed by atoms with van der Waals surface area (Å²) in [6.07, 6.45) is 0. The summed E-state index contributed by atoms with van der Waals surface area (Å²) in [6, 6.07) is 5.11. The van der Waals surface area contributed by atoms with Crippen molar-refractivity contribution >= 4 is 29.3 Å². The van der Waals surface area contributed by atoms with Crippen molar-refractivity contribution in [2.45, 2.75) is 26.8 Å². The maximum atomic E-state index is 12.9. The van der Waals surface area contributed by atoms with Crippen molar-refractivity contribution in [3.63, 3.8) is 0 Å². The van der Waals surface area contributed by atoms with E-state index in [1.54, 1.807) is 16.7 Å². The fourth-order valence-corrected chi connectivity index (χ4v) is 3.20. The molecule has 0 aliphatic carbocycles. The molecule has 1 aliphatic heterocycles. The van der Waals surface area contributed by atoms with Crippen LogP contribution in [0, 0.1) is 11.2 Å². The van der Waals surface area contributed by atoms with Crippen LogP contribution in [0.5, 0.6) is 0 Å². The molecule has 2 amide bonds. The van der Waals surface area contributed by atoms with Crippen LogP contribution in [0.3, 0.4) is 0 Å². The lowest BCUT2D eigenvalue weighted by Crippen LogP contribution is -2.48. The number of anilines is 1. The summed E-state index contributed by atoms with van der Waals surface area (Å²) in [5, 5.41) is 2.73. The van der Waals surface area contributed by atoms with Crippen LogP contribution in [0.2, 0.25) is 0 Å². The van der Waals surface area contributed by atoms with E-state index in [1.807, 2.05) is 20.8 Å². The van der Waals surface area contributed by atoms with Crippen molar-refractivity contribution < 1.29 is 14.0 Å². The molecule has 1 unspecified atom stereocenters. The van der Waals surface area contributed by atoms with E-state index in [9.17, 15) is 14.0 Å². The van der Waals surface area contributed by atoms with E-state index in [0.29, 0.717) is 17.3 Å². The van der Waals surface area contributed by atoms with Crippen LogP contribution in [-0.2, 0) is 9.59 Å². The number of amides is 2. The largest absolute Gasteiger partial charge is 0.324 e. The number of hydrogen-bond donors (Lipinski definition) is 1. The Hall–Kier alpha value is -1.56. The third-order valence-corrected chi connectivity index (χ3v) is 4.21. The van der Waals surface area contributed by atoms with Gasteiger partial charge < -0.3 is 10.2 Å². The van der Waals surface area contributed by atoms with Gasteiger partial charge in [0.2, 0.25) is 11.8 Å². The molecule has 0 spiro atoms. The van der Waals surface area contributed by atoms with Gasteiger partial charge >= 0.3 is 0 Å². The zero-order chi connectivity index (χ0) is 15.6. The standard InChI is InChI=1S/C15H19FN2O2S/c1-15(2,3)14(20)18-9-21-8-12(18)13(19)17-11-6-4-10(16)5-7-11/h4-7,12H,8-9H2,1-3H3,(H,17,19). The molecule has 0 radical (unpaired) electrons. The molecule has 1 atom stereocenters. The van der Waals surface area contributed by atoms with Crippen LogP contribution >= 0.6 is 11.8 Å². The maximum absolute atomic E-state index is 12.9. The second-order valence-electron chi connectivity index (χ2n) is 6.04. The van der Waals surface area contributed by atoms with E-state index in [4.69, 9.17) is 0 Å². The molecule has 1 saturated heterocycles. The lowest BCUT2D eigenvalue weighted by molar-refractivity contribution is -0.143. The van der Waals surface area contributed by atoms with E-state index in [0.717, 1.165) is 0 Å². The molecular weight excluding hydrogens is 291 g/mol. The molecule has 0 bridgehead atoms. The van der Waals surface area contributed by atoms with E-state index < -0.39 is 11.5 Å². The lowest BCUT2D eigenvalue weighted by Gasteiger charge is -2.29. The van der Waals surface area contributed by atoms with Crippen molar-refractivity contribution in [2.75, 3.05) is 16.9 Å². The predicted octanol–water partition coefficient (Wildman–Crippen LogP) is 2.71. The highest BCUT2D eigenvalue weighted by Crippen LogP contribution is 2.28. The van der Waals surface area contributed by atoms with Gasteiger partial charge in [0.1, 0.15) is 11.9 Å². The van der Waals surface area contributed by atoms with Crippen LogP contribution < -0.4 is 5.32 Å². The van der Waals surface area contributed by atoms with Crippen molar-refractivity contribution in [1.82, 2.24) is 4.90 Å². The van der Waals surface area contributed by atoms with Gasteiger partial charge in [-0.05, 0) is 24.3 Å². The molecule has 21 heavy (non-hydrogen) atoms. The number of nitrogens with zero attached hydrogens (tertiary/aromatic N) is 1. The van der Waals surface area contributed by atoms with Crippen molar-refractivity contribution in [2.24, 2.45) is 5.41 Å². The van der Waals surface area contributed by atoms with Gasteiger partial charge in [-0.3, -0.25) is 9.59 Å². The van der Waals surface area contributed by atoms with Crippen LogP contribution in [0.25, 0.3) is 0 Å². The summed E-state index contributed by atoms with van der Waals surface area (Å²) in [7, 11) is 0. The predicted molar refractivity (Wildman–Crippen MR) is 82.4 cm³/mol. The number of carbonyl (C=O) groups is 2. The first-order valence-electron chi connectivity index (χ1n) is 6.74. The molecule has 1 fully saturated rings. The number of hydrogen-bond acceptors (Lipinski definition) is 3. The van der Waals surface area contributed by atoms with Gasteiger partial charge in [0.15, 0.2) is 0 Å². The van der Waals surface area contributed by atoms with Gasteiger partial charge in [-0.1, -0.05) is 20.8 Å². The van der Waals surface area contributed by atoms with E-state index in [-0.39, 0.29) is 17.6 Å². The molecule has 1 N–H and O–H groups in total. The lowest BCUT2D eigenvalue weighted by atomic mass is 9.94. The zero-order valence-electron chi connectivity index (χ0n) is 12.4. The highest BCUT2D eigenvalue weighted by Gasteiger charge is 2.38. The summed E-state index contributed by atoms with van der Waals surface area (Å²) < 4.78 is 12.9. The summed E-state index contributed by atoms with van der Waals surface area (Å²) in [4.78, 5) is 26.3. The Morgan fingerprint density at radius 3 is 2.48 bits per heavy atom. The Morgan fingerprint density at radius 2 is 1.90 bits per heavy atom. The van der Waals surface area contributed by atoms with Crippen LogP contribution in [0.1, 0.15) is 20.8 Å². The highest BCUT2D eigenvalue weighted by atomic mass is 32.2. The van der Waals surface area contributed by atoms with Gasteiger partial charge in [0, 0.05) is 16.9 Å². The normalized spacial score (nSPS) is 18.7. The monoisotopic (exact) mass is 310 g/mol. The first-order valence-corrected chi connectivity index (χ1v) is 7.90. The van der Waals surface area contributed by atoms with Gasteiger partial charge in [0.25, 0.3) is 0 Å². The molecule has 0 aromatic heterocycles. The molecule has 0 saturated carbocycles. The summed E-state index contributed by atoms with van der Waals surface area (Å²) in [5.74, 6) is 0.483. The summed E-state index contributed by atoms with van der Waals surface area (Å²) >= 11 is 1.56. The number of nitrogens with one attached hydrogen (secondary N) is 1. The van der Waals surface area contributed by atoms with E-state index in [1.165, 1.54) is 24.3 Å². The zero-order valence-corrected chi connectivity index (χ0v) is 13.2. The molecule has 2 rings (SSSR count). The Balaban J connectivity index is 2.07. The first-order chi connectivity index (χ1) is 9.79. The van der Waals surface area contributed by atoms with Gasteiger partial charge in [0.05, 0.1) is 5.88 Å². The third kappa shape index (κ3) is 3.75. The average Bonchev–Trinajstić information content (AvgIpc) is 2.88. The SMILES string of the molecule is CC(C)(C)C(=O)N1CSCC1C(=O)Nc1ccc(F)cc1. The minimum absolute atomic E-state index is 0.0354. The van der Waals surface area contributed by atoms with Crippen molar-refractivity contribution in [3.8, 4) is 0 Å². The number of rotatable bonds is 2. The second kappa shape index (κ2) is 6.05. The third-order valence-electron chi connectivity index (χ3n) is 3.20. The summed E-state index contributed by atoms with van der Waals surface area (Å²) in [5.41, 5.74) is 0.0145. The van der Waals surface area contributed by atoms with Crippen LogP contribution in [0.4, 0.5) is 10.1 Å². The van der Waals surface area contributed by atoms with E-state index in [2.05, 4.69) is 5.32 Å². The Labute approximate surface area is 128 Å². The Morgan fingerprint density at radius 1 is 1.29 bits per heavy atom. The number of carbonyl (C=O) groups excluding carboxylic acids is 2. The number of halogens is 1. The fourth-order valence-electron chi connectivity index (χ4n) is 2.05. The van der Waals surface area contributed by atoms with Crippen molar-refractivity contribution in [1.29, 1.82) is 0 Å². The van der Waals surface area contributed by atoms with Gasteiger partial charge in [-0.25, -0.2) is 4.39 Å². The number of thioether (sulfide) groups is 1. The molecule has 4 nitrogen and oxygen atoms in total. The van der Waals surface area contributed by atoms with Crippen LogP contribution in [0.15, 0.2) is 24.3 Å². The topological polar surface area (TPSA) is 49.4 Å². The average molecular weight is 310 g/mol. The molecule has 1 heterocycles. The molecule has 1 aromatic carbocycles. The molecule has 114 valence electrons. The van der Waals surface area contributed by atoms with Gasteiger partial charge in [-0.15, -0.1) is 11.8 Å². The quantitative estimate of drug-likeness (QED) is 0.914.